The van der Waals surface area contributed by atoms with E-state index in [2.05, 4.69) is 27.1 Å². The lowest BCUT2D eigenvalue weighted by atomic mass is 10.0. The van der Waals surface area contributed by atoms with Crippen LogP contribution in [-0.4, -0.2) is 64.3 Å². The van der Waals surface area contributed by atoms with Gasteiger partial charge in [-0.3, -0.25) is 0 Å². The van der Waals surface area contributed by atoms with Crippen LogP contribution >= 0.6 is 0 Å². The molecule has 4 aliphatic rings. The number of urea groups is 1. The van der Waals surface area contributed by atoms with Crippen LogP contribution in [0.15, 0.2) is 65.5 Å². The lowest BCUT2D eigenvalue weighted by molar-refractivity contribution is 0.145. The van der Waals surface area contributed by atoms with Gasteiger partial charge in [0.1, 0.15) is 11.6 Å². The van der Waals surface area contributed by atoms with Gasteiger partial charge in [0.05, 0.1) is 6.04 Å². The summed E-state index contributed by atoms with van der Waals surface area (Å²) in [6.07, 6.45) is 23.5. The summed E-state index contributed by atoms with van der Waals surface area (Å²) in [5, 5.41) is 6.07. The third-order valence-electron chi connectivity index (χ3n) is 6.69. The van der Waals surface area contributed by atoms with Crippen LogP contribution in [0.25, 0.3) is 0 Å². The summed E-state index contributed by atoms with van der Waals surface area (Å²) in [6.45, 7) is 2.87. The van der Waals surface area contributed by atoms with E-state index >= 15 is 0 Å². The Morgan fingerprint density at radius 2 is 1.75 bits per heavy atom. The first-order valence-corrected chi connectivity index (χ1v) is 11.7. The highest BCUT2D eigenvalue weighted by Crippen LogP contribution is 2.32. The zero-order valence-corrected chi connectivity index (χ0v) is 18.4. The Balaban J connectivity index is 1.22. The van der Waals surface area contributed by atoms with E-state index in [0.717, 1.165) is 36.7 Å². The van der Waals surface area contributed by atoms with Crippen molar-refractivity contribution in [1.82, 2.24) is 19.9 Å². The molecule has 0 N–H and O–H groups in total. The molecule has 0 spiro atoms. The lowest BCUT2D eigenvalue weighted by Crippen LogP contribution is -2.53. The van der Waals surface area contributed by atoms with Crippen LogP contribution in [0, 0.1) is 0 Å². The second-order valence-electron chi connectivity index (χ2n) is 8.70. The molecule has 1 aromatic heterocycles. The van der Waals surface area contributed by atoms with Crippen molar-refractivity contribution >= 4 is 18.1 Å². The van der Waals surface area contributed by atoms with Crippen LogP contribution in [-0.2, 0) is 0 Å². The molecule has 7 nitrogen and oxygen atoms in total. The Labute approximate surface area is 189 Å². The van der Waals surface area contributed by atoms with Crippen molar-refractivity contribution in [2.45, 2.75) is 44.1 Å². The van der Waals surface area contributed by atoms with Crippen molar-refractivity contribution in [1.29, 1.82) is 0 Å². The molecular weight excluding hydrogens is 400 g/mol. The summed E-state index contributed by atoms with van der Waals surface area (Å²) in [5.74, 6) is 2.47. The van der Waals surface area contributed by atoms with Crippen molar-refractivity contribution in [2.24, 2.45) is 5.10 Å². The number of hydrazone groups is 1. The van der Waals surface area contributed by atoms with E-state index in [0.29, 0.717) is 19.0 Å². The summed E-state index contributed by atoms with van der Waals surface area (Å²) >= 11 is 0. The monoisotopic (exact) mass is 430 g/mol. The normalized spacial score (nSPS) is 28.2. The van der Waals surface area contributed by atoms with E-state index in [1.165, 1.54) is 25.7 Å². The smallest absolute Gasteiger partial charge is 0.341 e. The zero-order chi connectivity index (χ0) is 21.8. The summed E-state index contributed by atoms with van der Waals surface area (Å²) in [7, 11) is 0. The summed E-state index contributed by atoms with van der Waals surface area (Å²) < 4.78 is 0. The van der Waals surface area contributed by atoms with Gasteiger partial charge in [0.25, 0.3) is 0 Å². The molecule has 0 radical (unpaired) electrons. The quantitative estimate of drug-likeness (QED) is 0.726. The second kappa shape index (κ2) is 9.51. The molecule has 1 saturated carbocycles. The molecule has 7 heteroatoms. The number of rotatable bonds is 3. The summed E-state index contributed by atoms with van der Waals surface area (Å²) in [4.78, 5) is 26.9. The number of carbonyl (C=O) groups is 1. The maximum atomic E-state index is 13.3. The first-order valence-electron chi connectivity index (χ1n) is 11.7. The van der Waals surface area contributed by atoms with E-state index in [-0.39, 0.29) is 12.1 Å². The van der Waals surface area contributed by atoms with Gasteiger partial charge in [-0.25, -0.2) is 19.8 Å². The van der Waals surface area contributed by atoms with Crippen molar-refractivity contribution < 1.29 is 4.79 Å². The van der Waals surface area contributed by atoms with E-state index in [1.54, 1.807) is 5.01 Å². The fourth-order valence-electron chi connectivity index (χ4n) is 4.87. The molecule has 32 heavy (non-hydrogen) atoms. The molecule has 2 aliphatic carbocycles. The highest BCUT2D eigenvalue weighted by Gasteiger charge is 2.33. The van der Waals surface area contributed by atoms with Crippen LogP contribution < -0.4 is 4.90 Å². The van der Waals surface area contributed by atoms with Crippen molar-refractivity contribution in [2.75, 3.05) is 31.1 Å². The van der Waals surface area contributed by atoms with Crippen molar-refractivity contribution in [3.05, 3.63) is 66.2 Å². The van der Waals surface area contributed by atoms with Crippen LogP contribution in [0.3, 0.4) is 0 Å². The SMILES string of the molecule is O=C(N1CCN(c2ccnc(C3CCCC3)n2)CC1)N1N=CCC1C1=C/C=C\C=C/C=C\1. The van der Waals surface area contributed by atoms with Gasteiger partial charge in [-0.2, -0.15) is 5.10 Å². The molecule has 3 heterocycles. The number of carbonyl (C=O) groups excluding carboxylic acids is 1. The fraction of sp³-hybridized carbons (Fsp3) is 0.440. The van der Waals surface area contributed by atoms with E-state index in [9.17, 15) is 4.79 Å². The van der Waals surface area contributed by atoms with Gasteiger partial charge in [0.2, 0.25) is 0 Å². The third kappa shape index (κ3) is 4.38. The van der Waals surface area contributed by atoms with E-state index in [4.69, 9.17) is 4.98 Å². The standard InChI is InChI=1S/C25H30N6O/c32-25(31-22(12-15-27-31)20-8-4-2-1-3-5-9-20)30-18-16-29(17-19-30)23-13-14-26-24(28-23)21-10-6-7-11-21/h1-5,8-9,13-15,21-22H,6-7,10-12,16-19H2/b2-1-,3-1?,4-2?,5-3-,8-4-,9-5?,20-8?,20-9+. The van der Waals surface area contributed by atoms with Gasteiger partial charge in [0.15, 0.2) is 0 Å². The highest BCUT2D eigenvalue weighted by molar-refractivity contribution is 5.79. The minimum Gasteiger partial charge on any atom is -0.353 e. The number of hydrogen-bond donors (Lipinski definition) is 0. The minimum atomic E-state index is -0.0521. The van der Waals surface area contributed by atoms with E-state index < -0.39 is 0 Å². The Kier molecular flexibility index (Phi) is 6.14. The second-order valence-corrected chi connectivity index (χ2v) is 8.70. The number of nitrogens with zero attached hydrogens (tertiary/aromatic N) is 6. The first kappa shape index (κ1) is 20.7. The van der Waals surface area contributed by atoms with Gasteiger partial charge in [0, 0.05) is 50.9 Å². The number of allylic oxidation sites excluding steroid dienone is 6. The maximum absolute atomic E-state index is 13.3. The van der Waals surface area contributed by atoms with Gasteiger partial charge >= 0.3 is 6.03 Å². The minimum absolute atomic E-state index is 0.0198. The van der Waals surface area contributed by atoms with Crippen LogP contribution in [0.4, 0.5) is 10.6 Å². The molecule has 2 aliphatic heterocycles. The van der Waals surface area contributed by atoms with E-state index in [1.807, 2.05) is 53.8 Å². The molecule has 0 bridgehead atoms. The van der Waals surface area contributed by atoms with Crippen LogP contribution in [0.1, 0.15) is 43.8 Å². The largest absolute Gasteiger partial charge is 0.353 e. The number of amides is 2. The molecule has 1 atom stereocenters. The summed E-state index contributed by atoms with van der Waals surface area (Å²) in [6, 6.07) is 1.92. The average Bonchev–Trinajstić information content (AvgIpc) is 3.51. The molecule has 1 unspecified atom stereocenters. The predicted octanol–water partition coefficient (Wildman–Crippen LogP) is 4.04. The topological polar surface area (TPSA) is 64.9 Å². The maximum Gasteiger partial charge on any atom is 0.341 e. The third-order valence-corrected chi connectivity index (χ3v) is 6.69. The number of piperazine rings is 1. The van der Waals surface area contributed by atoms with Gasteiger partial charge in [-0.1, -0.05) is 55.4 Å². The number of aromatic nitrogens is 2. The summed E-state index contributed by atoms with van der Waals surface area (Å²) in [5.41, 5.74) is 1.09. The van der Waals surface area contributed by atoms with Crippen molar-refractivity contribution in [3.8, 4) is 0 Å². The molecule has 2 amide bonds. The molecule has 1 aromatic rings. The van der Waals surface area contributed by atoms with Gasteiger partial charge in [-0.15, -0.1) is 0 Å². The molecule has 1 saturated heterocycles. The van der Waals surface area contributed by atoms with Gasteiger partial charge < -0.3 is 9.80 Å². The highest BCUT2D eigenvalue weighted by atomic mass is 16.2. The zero-order valence-electron chi connectivity index (χ0n) is 18.4. The van der Waals surface area contributed by atoms with Crippen LogP contribution in [0.2, 0.25) is 0 Å². The Hall–Kier alpha value is -3.22. The fourth-order valence-corrected chi connectivity index (χ4v) is 4.87. The molecular formula is C25H30N6O. The number of anilines is 1. The number of hydrogen-bond acceptors (Lipinski definition) is 5. The average molecular weight is 431 g/mol. The molecule has 0 aromatic carbocycles. The van der Waals surface area contributed by atoms with Crippen molar-refractivity contribution in [3.63, 3.8) is 0 Å². The Morgan fingerprint density at radius 3 is 2.59 bits per heavy atom. The molecule has 5 rings (SSSR count). The van der Waals surface area contributed by atoms with Gasteiger partial charge in [-0.05, 0) is 24.5 Å². The Morgan fingerprint density at radius 1 is 0.969 bits per heavy atom. The predicted molar refractivity (Wildman–Crippen MR) is 127 cm³/mol. The Bertz CT molecular complexity index is 980. The molecule has 2 fully saturated rings. The molecule has 166 valence electrons. The van der Waals surface area contributed by atoms with Crippen LogP contribution in [0.5, 0.6) is 0 Å². The lowest BCUT2D eigenvalue weighted by Gasteiger charge is -2.37. The first-order chi connectivity index (χ1) is 15.8.